The molecule has 96 valence electrons. The maximum atomic E-state index is 10.4. The van der Waals surface area contributed by atoms with Crippen LogP contribution in [0.1, 0.15) is 10.4 Å². The molecule has 0 N–H and O–H groups in total. The van der Waals surface area contributed by atoms with Crippen molar-refractivity contribution in [1.29, 1.82) is 0 Å². The molecule has 0 aromatic heterocycles. The highest BCUT2D eigenvalue weighted by molar-refractivity contribution is 5.86. The minimum absolute atomic E-state index is 0.209. The first-order valence-corrected chi connectivity index (χ1v) is 5.39. The summed E-state index contributed by atoms with van der Waals surface area (Å²) >= 11 is 0. The summed E-state index contributed by atoms with van der Waals surface area (Å²) < 4.78 is 1.00. The molecule has 0 atom stereocenters. The standard InChI is InChI=1S/C9H11NO2.C4H12N/c1-10(2)8-5-3-7(4-6-8)9(11)12;1-5(2,3)4/h3-6H,1-2H3,(H,11,12);1-4H3/q;+1/p-1. The van der Waals surface area contributed by atoms with Crippen LogP contribution in [0.4, 0.5) is 5.69 Å². The Morgan fingerprint density at radius 2 is 1.41 bits per heavy atom. The van der Waals surface area contributed by atoms with Crippen LogP contribution in [0.25, 0.3) is 0 Å². The average Bonchev–Trinajstić information content (AvgIpc) is 2.15. The molecule has 0 unspecified atom stereocenters. The fraction of sp³-hybridized carbons (Fsp3) is 0.462. The SMILES string of the molecule is CN(C)c1ccc(C(=O)[O-])cc1.C[N+](C)(C)C. The number of rotatable bonds is 2. The lowest BCUT2D eigenvalue weighted by atomic mass is 10.2. The van der Waals surface area contributed by atoms with Gasteiger partial charge in [0.05, 0.1) is 34.2 Å². The Balaban J connectivity index is 0.000000437. The number of quaternary nitrogens is 1. The third kappa shape index (κ3) is 8.28. The molecule has 0 amide bonds. The van der Waals surface area contributed by atoms with Gasteiger partial charge in [-0.15, -0.1) is 0 Å². The van der Waals surface area contributed by atoms with Gasteiger partial charge in [0.15, 0.2) is 0 Å². The van der Waals surface area contributed by atoms with Gasteiger partial charge in [-0.25, -0.2) is 0 Å². The Morgan fingerprint density at radius 3 is 1.65 bits per heavy atom. The molecule has 1 rings (SSSR count). The zero-order valence-corrected chi connectivity index (χ0v) is 11.5. The lowest BCUT2D eigenvalue weighted by Crippen LogP contribution is -2.27. The molecular weight excluding hydrogens is 216 g/mol. The van der Waals surface area contributed by atoms with Gasteiger partial charge in [-0.05, 0) is 17.7 Å². The van der Waals surface area contributed by atoms with Crippen LogP contribution in [0.3, 0.4) is 0 Å². The molecule has 4 nitrogen and oxygen atoms in total. The first kappa shape index (κ1) is 15.4. The predicted octanol–water partition coefficient (Wildman–Crippen LogP) is 0.438. The molecule has 17 heavy (non-hydrogen) atoms. The molecule has 0 saturated heterocycles. The van der Waals surface area contributed by atoms with E-state index in [1.54, 1.807) is 12.1 Å². The van der Waals surface area contributed by atoms with Gasteiger partial charge in [-0.2, -0.15) is 0 Å². The Kier molecular flexibility index (Phi) is 5.68. The number of carboxylic acids is 1. The molecule has 1 aromatic carbocycles. The van der Waals surface area contributed by atoms with Crippen LogP contribution >= 0.6 is 0 Å². The number of hydrogen-bond acceptors (Lipinski definition) is 3. The van der Waals surface area contributed by atoms with Crippen LogP contribution in [-0.4, -0.2) is 52.7 Å². The zero-order chi connectivity index (χ0) is 13.6. The number of hydrogen-bond donors (Lipinski definition) is 0. The van der Waals surface area contributed by atoms with E-state index in [9.17, 15) is 9.90 Å². The summed E-state index contributed by atoms with van der Waals surface area (Å²) in [5.41, 5.74) is 1.18. The highest BCUT2D eigenvalue weighted by Crippen LogP contribution is 2.11. The zero-order valence-electron chi connectivity index (χ0n) is 11.5. The Bertz CT molecular complexity index is 345. The predicted molar refractivity (Wildman–Crippen MR) is 69.1 cm³/mol. The van der Waals surface area contributed by atoms with Crippen molar-refractivity contribution in [2.75, 3.05) is 47.2 Å². The van der Waals surface area contributed by atoms with E-state index < -0.39 is 5.97 Å². The molecule has 0 saturated carbocycles. The second-order valence-electron chi connectivity index (χ2n) is 5.41. The molecule has 1 aromatic rings. The Morgan fingerprint density at radius 1 is 1.06 bits per heavy atom. The Labute approximate surface area is 104 Å². The summed E-state index contributed by atoms with van der Waals surface area (Å²) in [5, 5.41) is 10.4. The molecule has 0 aliphatic carbocycles. The third-order valence-corrected chi connectivity index (χ3v) is 1.62. The van der Waals surface area contributed by atoms with Crippen molar-refractivity contribution in [1.82, 2.24) is 0 Å². The van der Waals surface area contributed by atoms with E-state index in [-0.39, 0.29) is 5.56 Å². The monoisotopic (exact) mass is 238 g/mol. The van der Waals surface area contributed by atoms with Gasteiger partial charge < -0.3 is 19.3 Å². The van der Waals surface area contributed by atoms with Crippen LogP contribution in [-0.2, 0) is 0 Å². The Hall–Kier alpha value is -1.55. The number of benzene rings is 1. The van der Waals surface area contributed by atoms with E-state index in [2.05, 4.69) is 28.2 Å². The molecule has 0 heterocycles. The second kappa shape index (κ2) is 6.25. The number of nitrogens with zero attached hydrogens (tertiary/aromatic N) is 2. The molecule has 0 bridgehead atoms. The summed E-state index contributed by atoms with van der Waals surface area (Å²) in [6, 6.07) is 6.55. The molecule has 0 radical (unpaired) electrons. The van der Waals surface area contributed by atoms with E-state index in [0.29, 0.717) is 0 Å². The van der Waals surface area contributed by atoms with Gasteiger partial charge in [-0.3, -0.25) is 0 Å². The third-order valence-electron chi connectivity index (χ3n) is 1.62. The summed E-state index contributed by atoms with van der Waals surface area (Å²) in [4.78, 5) is 12.3. The fourth-order valence-corrected chi connectivity index (χ4v) is 0.896. The minimum atomic E-state index is -1.14. The number of anilines is 1. The van der Waals surface area contributed by atoms with E-state index in [1.807, 2.05) is 19.0 Å². The highest BCUT2D eigenvalue weighted by atomic mass is 16.4. The number of aromatic carboxylic acids is 1. The van der Waals surface area contributed by atoms with Crippen LogP contribution in [0.15, 0.2) is 24.3 Å². The molecule has 0 aliphatic rings. The number of carboxylic acid groups (broad SMARTS) is 1. The number of carbonyl (C=O) groups is 1. The van der Waals surface area contributed by atoms with E-state index in [1.165, 1.54) is 12.1 Å². The van der Waals surface area contributed by atoms with Crippen molar-refractivity contribution >= 4 is 11.7 Å². The van der Waals surface area contributed by atoms with Crippen LogP contribution in [0.2, 0.25) is 0 Å². The smallest absolute Gasteiger partial charge is 0.0715 e. The van der Waals surface area contributed by atoms with Crippen molar-refractivity contribution in [2.45, 2.75) is 0 Å². The molecule has 0 fully saturated rings. The van der Waals surface area contributed by atoms with Crippen molar-refractivity contribution in [2.24, 2.45) is 0 Å². The highest BCUT2D eigenvalue weighted by Gasteiger charge is 1.95. The average molecular weight is 238 g/mol. The fourth-order valence-electron chi connectivity index (χ4n) is 0.896. The van der Waals surface area contributed by atoms with Crippen LogP contribution < -0.4 is 10.0 Å². The molecule has 0 aliphatic heterocycles. The van der Waals surface area contributed by atoms with E-state index in [4.69, 9.17) is 0 Å². The largest absolute Gasteiger partial charge is 0.545 e. The van der Waals surface area contributed by atoms with E-state index >= 15 is 0 Å². The van der Waals surface area contributed by atoms with Gasteiger partial charge in [0.1, 0.15) is 0 Å². The van der Waals surface area contributed by atoms with Crippen molar-refractivity contribution in [3.8, 4) is 0 Å². The maximum absolute atomic E-state index is 10.4. The maximum Gasteiger partial charge on any atom is 0.0715 e. The lowest BCUT2D eigenvalue weighted by Gasteiger charge is -2.14. The van der Waals surface area contributed by atoms with Gasteiger partial charge in [-0.1, -0.05) is 12.1 Å². The number of carbonyl (C=O) groups excluding carboxylic acids is 1. The van der Waals surface area contributed by atoms with E-state index in [0.717, 1.165) is 10.2 Å². The van der Waals surface area contributed by atoms with Crippen molar-refractivity contribution < 1.29 is 14.4 Å². The lowest BCUT2D eigenvalue weighted by molar-refractivity contribution is -0.849. The molecule has 4 heteroatoms. The summed E-state index contributed by atoms with van der Waals surface area (Å²) in [6.45, 7) is 0. The minimum Gasteiger partial charge on any atom is -0.545 e. The van der Waals surface area contributed by atoms with Gasteiger partial charge in [0, 0.05) is 19.8 Å². The van der Waals surface area contributed by atoms with Crippen LogP contribution in [0.5, 0.6) is 0 Å². The van der Waals surface area contributed by atoms with Crippen molar-refractivity contribution in [3.05, 3.63) is 29.8 Å². The molecular formula is C13H22N2O2. The van der Waals surface area contributed by atoms with Gasteiger partial charge >= 0.3 is 0 Å². The second-order valence-corrected chi connectivity index (χ2v) is 5.41. The van der Waals surface area contributed by atoms with Gasteiger partial charge in [0.25, 0.3) is 0 Å². The first-order chi connectivity index (χ1) is 7.61. The normalized spacial score (nSPS) is 10.2. The molecule has 0 spiro atoms. The topological polar surface area (TPSA) is 43.4 Å². The van der Waals surface area contributed by atoms with Crippen molar-refractivity contribution in [3.63, 3.8) is 0 Å². The first-order valence-electron chi connectivity index (χ1n) is 5.39. The summed E-state index contributed by atoms with van der Waals surface area (Å²) in [6.07, 6.45) is 0. The summed E-state index contributed by atoms with van der Waals surface area (Å²) in [5.74, 6) is -1.14. The quantitative estimate of drug-likeness (QED) is 0.702. The summed E-state index contributed by atoms with van der Waals surface area (Å²) in [7, 11) is 12.3. The van der Waals surface area contributed by atoms with Crippen LogP contribution in [0, 0.1) is 0 Å². The van der Waals surface area contributed by atoms with Gasteiger partial charge in [0.2, 0.25) is 0 Å².